The predicted molar refractivity (Wildman–Crippen MR) is 70.2 cm³/mol. The van der Waals surface area contributed by atoms with Crippen LogP contribution in [0.5, 0.6) is 0 Å². The number of carbonyl (C=O) groups excluding carboxylic acids is 1. The van der Waals surface area contributed by atoms with Crippen LogP contribution in [-0.4, -0.2) is 23.2 Å². The fourth-order valence-corrected chi connectivity index (χ4v) is 2.26. The molecular weight excluding hydrogens is 265 g/mol. The molecule has 88 valence electrons. The molecule has 0 N–H and O–H groups in total. The second kappa shape index (κ2) is 5.41. The van der Waals surface area contributed by atoms with Crippen molar-refractivity contribution in [1.82, 2.24) is 4.31 Å². The van der Waals surface area contributed by atoms with E-state index >= 15 is 0 Å². The smallest absolute Gasteiger partial charge is 0.140 e. The van der Waals surface area contributed by atoms with E-state index in [2.05, 4.69) is 0 Å². The largest absolute Gasteiger partial charge is 0.301 e. The molecule has 0 aliphatic carbocycles. The van der Waals surface area contributed by atoms with Crippen molar-refractivity contribution in [3.05, 3.63) is 28.2 Å². The Labute approximate surface area is 110 Å². The Morgan fingerprint density at radius 2 is 2.00 bits per heavy atom. The summed E-state index contributed by atoms with van der Waals surface area (Å²) >= 11 is 13.4. The van der Waals surface area contributed by atoms with Gasteiger partial charge >= 0.3 is 0 Å². The van der Waals surface area contributed by atoms with Crippen molar-refractivity contribution < 1.29 is 4.79 Å². The molecule has 1 aromatic carbocycles. The molecule has 0 radical (unpaired) electrons. The fourth-order valence-electron chi connectivity index (χ4n) is 0.894. The van der Waals surface area contributed by atoms with Gasteiger partial charge in [-0.3, -0.25) is 0 Å². The zero-order valence-corrected chi connectivity index (χ0v) is 11.7. The van der Waals surface area contributed by atoms with Gasteiger partial charge < -0.3 is 4.79 Å². The number of halogens is 2. The van der Waals surface area contributed by atoms with Crippen molar-refractivity contribution in [3.8, 4) is 0 Å². The van der Waals surface area contributed by atoms with Crippen LogP contribution in [0.1, 0.15) is 13.8 Å². The minimum absolute atomic E-state index is 0.516. The molecule has 0 saturated heterocycles. The molecule has 5 heteroatoms. The highest BCUT2D eigenvalue weighted by Gasteiger charge is 2.24. The number of hydrogen-bond donors (Lipinski definition) is 0. The zero-order valence-electron chi connectivity index (χ0n) is 9.33. The van der Waals surface area contributed by atoms with Gasteiger partial charge in [-0.15, -0.1) is 0 Å². The Morgan fingerprint density at radius 1 is 1.38 bits per heavy atom. The molecule has 0 spiro atoms. The average Bonchev–Trinajstić information content (AvgIpc) is 2.24. The van der Waals surface area contributed by atoms with E-state index in [1.165, 1.54) is 11.9 Å². The molecule has 0 atom stereocenters. The van der Waals surface area contributed by atoms with Gasteiger partial charge in [0.2, 0.25) is 0 Å². The number of carbonyl (C=O) groups is 1. The molecule has 0 aromatic heterocycles. The van der Waals surface area contributed by atoms with E-state index in [0.29, 0.717) is 10.0 Å². The van der Waals surface area contributed by atoms with E-state index in [4.69, 9.17) is 23.2 Å². The van der Waals surface area contributed by atoms with Gasteiger partial charge in [0.05, 0.1) is 15.6 Å². The average molecular weight is 278 g/mol. The van der Waals surface area contributed by atoms with E-state index in [1.54, 1.807) is 6.07 Å². The number of likely N-dealkylation sites (N-methyl/N-ethyl adjacent to an activating group) is 1. The molecule has 1 aromatic rings. The van der Waals surface area contributed by atoms with Gasteiger partial charge in [-0.1, -0.05) is 29.3 Å². The Bertz CT molecular complexity index is 396. The van der Waals surface area contributed by atoms with E-state index in [0.717, 1.165) is 11.2 Å². The summed E-state index contributed by atoms with van der Waals surface area (Å²) in [5.41, 5.74) is -0.545. The van der Waals surface area contributed by atoms with Gasteiger partial charge in [0.1, 0.15) is 6.29 Å². The predicted octanol–water partition coefficient (Wildman–Crippen LogP) is 3.91. The number of nitrogens with zero attached hydrogens (tertiary/aromatic N) is 1. The van der Waals surface area contributed by atoms with Crippen LogP contribution in [0.3, 0.4) is 0 Å². The van der Waals surface area contributed by atoms with Crippen LogP contribution in [0.2, 0.25) is 10.0 Å². The van der Waals surface area contributed by atoms with Gasteiger partial charge in [-0.25, -0.2) is 4.31 Å². The lowest BCUT2D eigenvalue weighted by Gasteiger charge is -2.29. The fraction of sp³-hybridized carbons (Fsp3) is 0.364. The second-order valence-electron chi connectivity index (χ2n) is 3.91. The van der Waals surface area contributed by atoms with Gasteiger partial charge in [0.15, 0.2) is 0 Å². The molecule has 0 aliphatic heterocycles. The van der Waals surface area contributed by atoms with E-state index in [-0.39, 0.29) is 0 Å². The molecule has 16 heavy (non-hydrogen) atoms. The van der Waals surface area contributed by atoms with Crippen molar-refractivity contribution in [2.24, 2.45) is 0 Å². The minimum atomic E-state index is -0.545. The van der Waals surface area contributed by atoms with Crippen molar-refractivity contribution >= 4 is 41.4 Å². The zero-order chi connectivity index (χ0) is 12.3. The van der Waals surface area contributed by atoms with Crippen molar-refractivity contribution in [2.45, 2.75) is 24.3 Å². The number of hydrogen-bond acceptors (Lipinski definition) is 3. The molecule has 0 saturated carbocycles. The van der Waals surface area contributed by atoms with Gasteiger partial charge in [-0.05, 0) is 45.0 Å². The lowest BCUT2D eigenvalue weighted by Crippen LogP contribution is -2.37. The number of benzene rings is 1. The second-order valence-corrected chi connectivity index (χ2v) is 5.87. The number of rotatable bonds is 4. The maximum Gasteiger partial charge on any atom is 0.140 e. The van der Waals surface area contributed by atoms with Crippen molar-refractivity contribution in [1.29, 1.82) is 0 Å². The van der Waals surface area contributed by atoms with E-state index in [1.807, 2.05) is 37.3 Å². The first-order valence-electron chi connectivity index (χ1n) is 4.70. The quantitative estimate of drug-likeness (QED) is 0.615. The van der Waals surface area contributed by atoms with Gasteiger partial charge in [0, 0.05) is 4.90 Å². The van der Waals surface area contributed by atoms with Crippen LogP contribution in [0, 0.1) is 0 Å². The summed E-state index contributed by atoms with van der Waals surface area (Å²) in [6.07, 6.45) is 0.901. The van der Waals surface area contributed by atoms with Crippen LogP contribution in [0.25, 0.3) is 0 Å². The molecule has 0 heterocycles. The summed E-state index contributed by atoms with van der Waals surface area (Å²) in [7, 11) is 1.84. The maximum absolute atomic E-state index is 10.9. The monoisotopic (exact) mass is 277 g/mol. The Kier molecular flexibility index (Phi) is 4.68. The summed E-state index contributed by atoms with van der Waals surface area (Å²) in [6, 6.07) is 5.44. The Hall–Kier alpha value is -0.220. The first-order valence-corrected chi connectivity index (χ1v) is 6.23. The van der Waals surface area contributed by atoms with Gasteiger partial charge in [-0.2, -0.15) is 0 Å². The third-order valence-corrected chi connectivity index (χ3v) is 4.46. The molecular formula is C11H13Cl2NOS. The summed E-state index contributed by atoms with van der Waals surface area (Å²) in [5.74, 6) is 0. The molecule has 1 rings (SSSR count). The highest BCUT2D eigenvalue weighted by molar-refractivity contribution is 7.97. The third-order valence-electron chi connectivity index (χ3n) is 2.25. The SMILES string of the molecule is CN(Sc1cccc(Cl)c1Cl)C(C)(C)C=O. The van der Waals surface area contributed by atoms with E-state index < -0.39 is 5.54 Å². The molecule has 0 aliphatic rings. The van der Waals surface area contributed by atoms with Crippen molar-refractivity contribution in [2.75, 3.05) is 7.05 Å². The highest BCUT2D eigenvalue weighted by Crippen LogP contribution is 2.36. The van der Waals surface area contributed by atoms with Crippen molar-refractivity contribution in [3.63, 3.8) is 0 Å². The molecule has 0 bridgehead atoms. The van der Waals surface area contributed by atoms with E-state index in [9.17, 15) is 4.79 Å². The van der Waals surface area contributed by atoms with Crippen LogP contribution < -0.4 is 0 Å². The summed E-state index contributed by atoms with van der Waals surface area (Å²) in [4.78, 5) is 11.7. The summed E-state index contributed by atoms with van der Waals surface area (Å²) in [6.45, 7) is 3.68. The van der Waals surface area contributed by atoms with Crippen LogP contribution >= 0.6 is 35.1 Å². The lowest BCUT2D eigenvalue weighted by molar-refractivity contribution is -0.113. The van der Waals surface area contributed by atoms with Gasteiger partial charge in [0.25, 0.3) is 0 Å². The molecule has 2 nitrogen and oxygen atoms in total. The summed E-state index contributed by atoms with van der Waals surface area (Å²) in [5, 5.41) is 1.03. The topological polar surface area (TPSA) is 20.3 Å². The molecule has 0 amide bonds. The Morgan fingerprint density at radius 3 is 2.56 bits per heavy atom. The maximum atomic E-state index is 10.9. The molecule has 0 unspecified atom stereocenters. The first-order chi connectivity index (χ1) is 7.38. The highest BCUT2D eigenvalue weighted by atomic mass is 35.5. The van der Waals surface area contributed by atoms with Crippen LogP contribution in [-0.2, 0) is 4.79 Å². The number of aldehydes is 1. The van der Waals surface area contributed by atoms with Crippen LogP contribution in [0.4, 0.5) is 0 Å². The van der Waals surface area contributed by atoms with Crippen LogP contribution in [0.15, 0.2) is 23.1 Å². The third kappa shape index (κ3) is 3.14. The minimum Gasteiger partial charge on any atom is -0.301 e. The standard InChI is InChI=1S/C11H13Cl2NOS/c1-11(2,7-15)14(3)16-9-6-4-5-8(12)10(9)13/h4-7H,1-3H3. The first kappa shape index (κ1) is 13.8. The Balaban J connectivity index is 2.89. The normalized spacial score (nSPS) is 11.9. The summed E-state index contributed by atoms with van der Waals surface area (Å²) < 4.78 is 1.84. The molecule has 0 fully saturated rings. The lowest BCUT2D eigenvalue weighted by atomic mass is 10.1.